The van der Waals surface area contributed by atoms with Gasteiger partial charge in [0.15, 0.2) is 0 Å². The smallest absolute Gasteiger partial charge is 0.133 e. The normalized spacial score (nSPS) is 11.1. The minimum Gasteiger partial charge on any atom is -0.497 e. The largest absolute Gasteiger partial charge is 0.497 e. The molecule has 0 unspecified atom stereocenters. The van der Waals surface area contributed by atoms with Crippen molar-refractivity contribution in [3.8, 4) is 5.75 Å². The third kappa shape index (κ3) is 6.89. The van der Waals surface area contributed by atoms with E-state index in [1.165, 1.54) is 19.2 Å². The van der Waals surface area contributed by atoms with Crippen molar-refractivity contribution in [3.05, 3.63) is 29.3 Å². The summed E-state index contributed by atoms with van der Waals surface area (Å²) in [4.78, 5) is 0. The summed E-state index contributed by atoms with van der Waals surface area (Å²) >= 11 is 0. The Kier molecular flexibility index (Phi) is 8.28. The second-order valence-electron chi connectivity index (χ2n) is 5.83. The van der Waals surface area contributed by atoms with E-state index < -0.39 is 11.6 Å². The second kappa shape index (κ2) is 9.72. The molecule has 0 fully saturated rings. The summed E-state index contributed by atoms with van der Waals surface area (Å²) in [5, 5.41) is 3.39. The molecule has 0 spiro atoms. The Morgan fingerprint density at radius 3 is 2.24 bits per heavy atom. The SMILES string of the molecule is COc1cc(F)c(CCCCCCNCC(C)C)c(F)c1. The van der Waals surface area contributed by atoms with Gasteiger partial charge in [0.1, 0.15) is 17.4 Å². The van der Waals surface area contributed by atoms with Crippen molar-refractivity contribution < 1.29 is 13.5 Å². The topological polar surface area (TPSA) is 21.3 Å². The minimum absolute atomic E-state index is 0.175. The van der Waals surface area contributed by atoms with Crippen LogP contribution in [-0.2, 0) is 6.42 Å². The first-order chi connectivity index (χ1) is 10.0. The quantitative estimate of drug-likeness (QED) is 0.650. The van der Waals surface area contributed by atoms with Gasteiger partial charge in [0.05, 0.1) is 7.11 Å². The third-order valence-electron chi connectivity index (χ3n) is 3.43. The fraction of sp³-hybridized carbons (Fsp3) is 0.647. The zero-order valence-corrected chi connectivity index (χ0v) is 13.3. The summed E-state index contributed by atoms with van der Waals surface area (Å²) in [7, 11) is 1.40. The van der Waals surface area contributed by atoms with Crippen LogP contribution in [0.4, 0.5) is 8.78 Å². The van der Waals surface area contributed by atoms with Crippen molar-refractivity contribution in [1.82, 2.24) is 5.32 Å². The number of hydrogen-bond donors (Lipinski definition) is 1. The summed E-state index contributed by atoms with van der Waals surface area (Å²) in [6.45, 7) is 6.43. The van der Waals surface area contributed by atoms with Crippen molar-refractivity contribution >= 4 is 0 Å². The van der Waals surface area contributed by atoms with E-state index in [-0.39, 0.29) is 11.3 Å². The predicted molar refractivity (Wildman–Crippen MR) is 82.8 cm³/mol. The van der Waals surface area contributed by atoms with Gasteiger partial charge in [0, 0.05) is 17.7 Å². The summed E-state index contributed by atoms with van der Waals surface area (Å²) in [6.07, 6.45) is 4.45. The van der Waals surface area contributed by atoms with Crippen LogP contribution in [0, 0.1) is 17.6 Å². The average molecular weight is 299 g/mol. The number of ether oxygens (including phenoxy) is 1. The molecular weight excluding hydrogens is 272 g/mol. The maximum Gasteiger partial charge on any atom is 0.133 e. The molecular formula is C17H27F2NO. The van der Waals surface area contributed by atoms with Crippen LogP contribution in [0.1, 0.15) is 45.1 Å². The summed E-state index contributed by atoms with van der Waals surface area (Å²) in [5.41, 5.74) is 0.175. The molecule has 1 N–H and O–H groups in total. The molecule has 0 aliphatic carbocycles. The summed E-state index contributed by atoms with van der Waals surface area (Å²) in [6, 6.07) is 2.49. The molecule has 1 aromatic rings. The second-order valence-corrected chi connectivity index (χ2v) is 5.83. The zero-order valence-electron chi connectivity index (χ0n) is 13.3. The van der Waals surface area contributed by atoms with Crippen molar-refractivity contribution in [1.29, 1.82) is 0 Å². The lowest BCUT2D eigenvalue weighted by Crippen LogP contribution is -2.20. The van der Waals surface area contributed by atoms with Gasteiger partial charge in [0.2, 0.25) is 0 Å². The number of nitrogens with one attached hydrogen (secondary N) is 1. The van der Waals surface area contributed by atoms with Crippen LogP contribution in [0.15, 0.2) is 12.1 Å². The molecule has 1 rings (SSSR count). The van der Waals surface area contributed by atoms with E-state index in [0.717, 1.165) is 38.8 Å². The first-order valence-electron chi connectivity index (χ1n) is 7.77. The number of hydrogen-bond acceptors (Lipinski definition) is 2. The van der Waals surface area contributed by atoms with Crippen molar-refractivity contribution in [2.24, 2.45) is 5.92 Å². The molecule has 0 radical (unpaired) electrons. The molecule has 4 heteroatoms. The molecule has 2 nitrogen and oxygen atoms in total. The number of methoxy groups -OCH3 is 1. The Labute approximate surface area is 126 Å². The van der Waals surface area contributed by atoms with Crippen molar-refractivity contribution in [2.45, 2.75) is 46.0 Å². The van der Waals surface area contributed by atoms with Crippen LogP contribution in [0.5, 0.6) is 5.75 Å². The van der Waals surface area contributed by atoms with Crippen molar-refractivity contribution in [3.63, 3.8) is 0 Å². The van der Waals surface area contributed by atoms with Gasteiger partial charge in [-0.2, -0.15) is 0 Å². The van der Waals surface area contributed by atoms with Crippen LogP contribution >= 0.6 is 0 Å². The Hall–Kier alpha value is -1.16. The molecule has 120 valence electrons. The van der Waals surface area contributed by atoms with Gasteiger partial charge in [-0.25, -0.2) is 8.78 Å². The molecule has 0 amide bonds. The van der Waals surface area contributed by atoms with Crippen LogP contribution in [0.25, 0.3) is 0 Å². The zero-order chi connectivity index (χ0) is 15.7. The van der Waals surface area contributed by atoms with E-state index >= 15 is 0 Å². The Balaban J connectivity index is 2.21. The van der Waals surface area contributed by atoms with E-state index in [1.54, 1.807) is 0 Å². The standard InChI is InChI=1S/C17H27F2NO/c1-13(2)12-20-9-7-5-4-6-8-15-16(18)10-14(21-3)11-17(15)19/h10-11,13,20H,4-9,12H2,1-3H3. The van der Waals surface area contributed by atoms with E-state index in [2.05, 4.69) is 19.2 Å². The number of rotatable bonds is 10. The summed E-state index contributed by atoms with van der Waals surface area (Å²) < 4.78 is 32.3. The van der Waals surface area contributed by atoms with Crippen molar-refractivity contribution in [2.75, 3.05) is 20.2 Å². The number of halogens is 2. The van der Waals surface area contributed by atoms with Gasteiger partial charge in [-0.05, 0) is 38.3 Å². The predicted octanol–water partition coefficient (Wildman–Crippen LogP) is 4.32. The number of benzene rings is 1. The van der Waals surface area contributed by atoms with E-state index in [0.29, 0.717) is 12.3 Å². The molecule has 0 saturated carbocycles. The fourth-order valence-corrected chi connectivity index (χ4v) is 2.23. The van der Waals surface area contributed by atoms with Crippen LogP contribution in [-0.4, -0.2) is 20.2 Å². The Bertz CT molecular complexity index is 398. The molecule has 0 aromatic heterocycles. The average Bonchev–Trinajstić information content (AvgIpc) is 2.43. The van der Waals surface area contributed by atoms with Gasteiger partial charge in [-0.1, -0.05) is 26.7 Å². The molecule has 1 aromatic carbocycles. The molecule has 0 bridgehead atoms. The molecule has 0 aliphatic heterocycles. The summed E-state index contributed by atoms with van der Waals surface area (Å²) in [5.74, 6) is -0.119. The van der Waals surface area contributed by atoms with Crippen LogP contribution in [0.3, 0.4) is 0 Å². The highest BCUT2D eigenvalue weighted by Crippen LogP contribution is 2.22. The Morgan fingerprint density at radius 1 is 1.05 bits per heavy atom. The minimum atomic E-state index is -0.509. The van der Waals surface area contributed by atoms with Gasteiger partial charge >= 0.3 is 0 Å². The molecule has 0 heterocycles. The maximum atomic E-state index is 13.7. The maximum absolute atomic E-state index is 13.7. The Morgan fingerprint density at radius 2 is 1.67 bits per heavy atom. The van der Waals surface area contributed by atoms with Gasteiger partial charge in [0.25, 0.3) is 0 Å². The first kappa shape index (κ1) is 17.9. The highest BCUT2D eigenvalue weighted by Gasteiger charge is 2.11. The molecule has 21 heavy (non-hydrogen) atoms. The highest BCUT2D eigenvalue weighted by molar-refractivity contribution is 5.30. The van der Waals surface area contributed by atoms with E-state index in [9.17, 15) is 8.78 Å². The van der Waals surface area contributed by atoms with Crippen LogP contribution in [0.2, 0.25) is 0 Å². The highest BCUT2D eigenvalue weighted by atomic mass is 19.1. The lowest BCUT2D eigenvalue weighted by molar-refractivity contribution is 0.405. The molecule has 0 saturated heterocycles. The number of unbranched alkanes of at least 4 members (excludes halogenated alkanes) is 3. The van der Waals surface area contributed by atoms with Gasteiger partial charge in [-0.15, -0.1) is 0 Å². The third-order valence-corrected chi connectivity index (χ3v) is 3.43. The molecule has 0 aliphatic rings. The van der Waals surface area contributed by atoms with Crippen LogP contribution < -0.4 is 10.1 Å². The lowest BCUT2D eigenvalue weighted by Gasteiger charge is -2.08. The van der Waals surface area contributed by atoms with E-state index in [1.807, 2.05) is 0 Å². The monoisotopic (exact) mass is 299 g/mol. The first-order valence-corrected chi connectivity index (χ1v) is 7.77. The fourth-order valence-electron chi connectivity index (χ4n) is 2.23. The van der Waals surface area contributed by atoms with E-state index in [4.69, 9.17) is 4.74 Å². The van der Waals surface area contributed by atoms with Gasteiger partial charge < -0.3 is 10.1 Å². The van der Waals surface area contributed by atoms with Gasteiger partial charge in [-0.3, -0.25) is 0 Å². The molecule has 0 atom stereocenters. The lowest BCUT2D eigenvalue weighted by atomic mass is 10.0.